The molecule has 0 heterocycles. The first kappa shape index (κ1) is 81.3. The third-order valence-electron chi connectivity index (χ3n) is 15.6. The minimum Gasteiger partial charge on any atom is -0.374 e. The molecule has 490 valence electrons. The van der Waals surface area contributed by atoms with Gasteiger partial charge in [-0.1, -0.05) is 116 Å². The van der Waals surface area contributed by atoms with Crippen molar-refractivity contribution < 1.29 is 53.1 Å². The summed E-state index contributed by atoms with van der Waals surface area (Å²) in [6, 6.07) is 1.75. The van der Waals surface area contributed by atoms with Crippen LogP contribution in [0.2, 0.25) is 12.1 Å². The van der Waals surface area contributed by atoms with Crippen molar-refractivity contribution in [1.29, 1.82) is 0 Å². The Hall–Kier alpha value is 3.19. The first-order valence-electron chi connectivity index (χ1n) is 32.6. The third-order valence-corrected chi connectivity index (χ3v) is 38.0. The lowest BCUT2D eigenvalue weighted by atomic mass is 9.74. The Morgan fingerprint density at radius 3 is 0.866 bits per heavy atom. The fourth-order valence-corrected chi connectivity index (χ4v) is 32.0. The second-order valence-electron chi connectivity index (χ2n) is 21.4. The zero-order valence-corrected chi connectivity index (χ0v) is 64.4. The van der Waals surface area contributed by atoms with Crippen LogP contribution in [0.3, 0.4) is 0 Å². The summed E-state index contributed by atoms with van der Waals surface area (Å²) in [7, 11) is 1.26. The largest absolute Gasteiger partial charge is 0.514 e. The smallest absolute Gasteiger partial charge is 0.374 e. The van der Waals surface area contributed by atoms with Gasteiger partial charge in [0.25, 0.3) is 0 Å². The van der Waals surface area contributed by atoms with E-state index in [2.05, 4.69) is 84.7 Å². The van der Waals surface area contributed by atoms with Crippen LogP contribution in [0, 0.1) is 35.5 Å². The molecule has 8 atom stereocenters. The Labute approximate surface area is 543 Å². The van der Waals surface area contributed by atoms with Crippen LogP contribution in [0.25, 0.3) is 0 Å². The van der Waals surface area contributed by atoms with Gasteiger partial charge in [0.05, 0.1) is 9.75 Å². The Morgan fingerprint density at radius 2 is 0.585 bits per heavy atom. The van der Waals surface area contributed by atoms with Crippen LogP contribution < -0.4 is 0 Å². The zero-order chi connectivity index (χ0) is 60.2. The molecule has 0 aromatic carbocycles. The van der Waals surface area contributed by atoms with E-state index in [9.17, 15) is 0 Å². The summed E-state index contributed by atoms with van der Waals surface area (Å²) in [5.41, 5.74) is 0. The standard InChI is InChI=1S/C58H122O12S8Si4/c1-13-59-79(60-14-2,61-15-3)45-29-39-73-77-43-37-55-47-51(31-25-27-33-53(55)49-57(71)81(65-19-7,66-20-8)67-21-9)35-41-75-76-42-36-52-32-26-28-34-54(50-58(72)82(68-22-10,69-23-11)70-24-12)56(48-52)38-44-78-74-40-30-46-80(62-16-4,63-17-5)64-18-6/h51-58,71-72H,13-50H2,1-12H3. The van der Waals surface area contributed by atoms with Gasteiger partial charge in [-0.05, 0) is 183 Å². The van der Waals surface area contributed by atoms with Crippen molar-refractivity contribution in [1.82, 2.24) is 0 Å². The van der Waals surface area contributed by atoms with Gasteiger partial charge in [-0.3, -0.25) is 0 Å². The Balaban J connectivity index is 2.15. The summed E-state index contributed by atoms with van der Waals surface area (Å²) in [5.74, 6) is 10.9. The van der Waals surface area contributed by atoms with E-state index in [0.717, 1.165) is 72.6 Å². The second-order valence-corrected chi connectivity index (χ2v) is 42.7. The van der Waals surface area contributed by atoms with Gasteiger partial charge in [-0.25, -0.2) is 0 Å². The van der Waals surface area contributed by atoms with E-state index in [1.165, 1.54) is 101 Å². The van der Waals surface area contributed by atoms with Crippen molar-refractivity contribution in [3.8, 4) is 0 Å². The predicted octanol–water partition coefficient (Wildman–Crippen LogP) is 17.7. The quantitative estimate of drug-likeness (QED) is 0.0261. The number of hydrogen-bond acceptors (Lipinski definition) is 20. The molecule has 8 unspecified atom stereocenters. The lowest BCUT2D eigenvalue weighted by Gasteiger charge is -2.38. The van der Waals surface area contributed by atoms with Crippen molar-refractivity contribution >= 4 is 125 Å². The molecule has 2 saturated carbocycles. The number of thiol groups is 2. The fraction of sp³-hybridized carbons (Fsp3) is 1.00. The van der Waals surface area contributed by atoms with E-state index in [-0.39, 0.29) is 9.75 Å². The van der Waals surface area contributed by atoms with E-state index >= 15 is 0 Å². The minimum absolute atomic E-state index is 0.0340. The Bertz CT molecular complexity index is 1320. The monoisotopic (exact) mass is 1380 g/mol. The van der Waals surface area contributed by atoms with Gasteiger partial charge in [-0.15, -0.1) is 0 Å². The molecule has 82 heavy (non-hydrogen) atoms. The van der Waals surface area contributed by atoms with E-state index < -0.39 is 35.2 Å². The lowest BCUT2D eigenvalue weighted by molar-refractivity contribution is 0.0646. The van der Waals surface area contributed by atoms with Crippen molar-refractivity contribution in [2.24, 2.45) is 35.5 Å². The van der Waals surface area contributed by atoms with Gasteiger partial charge in [0, 0.05) is 126 Å². The second kappa shape index (κ2) is 50.7. The molecule has 12 nitrogen and oxygen atoms in total. The topological polar surface area (TPSA) is 111 Å². The maximum Gasteiger partial charge on any atom is 0.514 e. The molecule has 0 amide bonds. The highest BCUT2D eigenvalue weighted by molar-refractivity contribution is 8.77. The normalized spacial score (nSPS) is 21.7. The highest BCUT2D eigenvalue weighted by Gasteiger charge is 2.50. The van der Waals surface area contributed by atoms with Crippen molar-refractivity contribution in [3.05, 3.63) is 0 Å². The molecule has 0 spiro atoms. The van der Waals surface area contributed by atoms with Crippen LogP contribution in [-0.4, -0.2) is 159 Å². The molecule has 24 heteroatoms. The summed E-state index contributed by atoms with van der Waals surface area (Å²) in [5, 5.41) is 0. The number of rotatable bonds is 53. The molecule has 2 fully saturated rings. The van der Waals surface area contributed by atoms with Gasteiger partial charge in [0.2, 0.25) is 0 Å². The Morgan fingerprint density at radius 1 is 0.329 bits per heavy atom. The molecule has 0 aliphatic heterocycles. The molecule has 2 aliphatic rings. The first-order chi connectivity index (χ1) is 39.9. The van der Waals surface area contributed by atoms with E-state index in [4.69, 9.17) is 78.4 Å². The van der Waals surface area contributed by atoms with Crippen LogP contribution in [0.15, 0.2) is 0 Å². The molecule has 0 saturated heterocycles. The van der Waals surface area contributed by atoms with Crippen LogP contribution in [-0.2, 0) is 53.1 Å². The van der Waals surface area contributed by atoms with Gasteiger partial charge >= 0.3 is 35.2 Å². The van der Waals surface area contributed by atoms with Crippen LogP contribution in [0.5, 0.6) is 0 Å². The minimum atomic E-state index is -2.96. The van der Waals surface area contributed by atoms with Crippen molar-refractivity contribution in [2.75, 3.05) is 114 Å². The summed E-state index contributed by atoms with van der Waals surface area (Å²) in [6.07, 6.45) is 22.1. The van der Waals surface area contributed by atoms with E-state index in [0.29, 0.717) is 103 Å². The highest BCUT2D eigenvalue weighted by Crippen LogP contribution is 2.44. The van der Waals surface area contributed by atoms with Gasteiger partial charge in [0.1, 0.15) is 0 Å². The maximum absolute atomic E-state index is 6.44. The van der Waals surface area contributed by atoms with Crippen molar-refractivity contribution in [3.63, 3.8) is 0 Å². The van der Waals surface area contributed by atoms with Crippen molar-refractivity contribution in [2.45, 2.75) is 220 Å². The highest BCUT2D eigenvalue weighted by atomic mass is 33.1. The molecule has 2 aliphatic carbocycles. The molecule has 2 rings (SSSR count). The average Bonchev–Trinajstić information content (AvgIpc) is 3.49. The van der Waals surface area contributed by atoms with Gasteiger partial charge < -0.3 is 53.1 Å². The van der Waals surface area contributed by atoms with Gasteiger partial charge in [0.15, 0.2) is 0 Å². The van der Waals surface area contributed by atoms with E-state index in [1.807, 2.05) is 63.1 Å². The van der Waals surface area contributed by atoms with Gasteiger partial charge in [-0.2, -0.15) is 25.3 Å². The molecular weight excluding hydrogens is 1260 g/mol. The fourth-order valence-electron chi connectivity index (χ4n) is 12.3. The van der Waals surface area contributed by atoms with Crippen LogP contribution in [0.4, 0.5) is 0 Å². The summed E-state index contributed by atoms with van der Waals surface area (Å²) in [4.78, 5) is -0.0681. The molecule has 0 aromatic heterocycles. The lowest BCUT2D eigenvalue weighted by Crippen LogP contribution is -2.55. The molecule has 0 bridgehead atoms. The van der Waals surface area contributed by atoms with E-state index in [1.54, 1.807) is 0 Å². The first-order valence-corrected chi connectivity index (χ1v) is 48.6. The average molecular weight is 1380 g/mol. The number of hydrogen-bond donors (Lipinski definition) is 2. The summed E-state index contributed by atoms with van der Waals surface area (Å²) < 4.78 is 75.5. The predicted molar refractivity (Wildman–Crippen MR) is 376 cm³/mol. The molecule has 0 N–H and O–H groups in total. The Kier molecular flexibility index (Phi) is 50.3. The summed E-state index contributed by atoms with van der Waals surface area (Å²) >= 11 is 10.7. The molecule has 0 radical (unpaired) electrons. The third kappa shape index (κ3) is 32.2. The zero-order valence-electron chi connectivity index (χ0n) is 53.7. The van der Waals surface area contributed by atoms with Crippen LogP contribution in [0.1, 0.15) is 199 Å². The molecule has 0 aromatic rings. The van der Waals surface area contributed by atoms with Crippen LogP contribution >= 0.6 is 90.0 Å². The SMILES string of the molecule is CCO[Si](CCCSSCCC1CC(CCSSCCC2CCCCC(CC(S)[Si](OCC)(OCC)OCC)C(CCSSCCC[Si](OCC)(OCC)OCC)C2)CCCCC1CC(S)[Si](OCC)(OCC)OCC)(OCC)OCC. The maximum atomic E-state index is 6.44. The summed E-state index contributed by atoms with van der Waals surface area (Å²) in [6.45, 7) is 31.8. The molecular formula is C58H122O12S8Si4.